The van der Waals surface area contributed by atoms with Crippen molar-refractivity contribution in [3.8, 4) is 0 Å². The number of pyridine rings is 1. The minimum absolute atomic E-state index is 0.00856. The zero-order chi connectivity index (χ0) is 20.2. The van der Waals surface area contributed by atoms with Crippen molar-refractivity contribution < 1.29 is 18.0 Å². The lowest BCUT2D eigenvalue weighted by Crippen LogP contribution is -2.34. The summed E-state index contributed by atoms with van der Waals surface area (Å²) in [7, 11) is -3.78. The maximum absolute atomic E-state index is 13.0. The number of hydrogen-bond acceptors (Lipinski definition) is 5. The zero-order valence-electron chi connectivity index (χ0n) is 15.2. The Morgan fingerprint density at radius 3 is 2.66 bits per heavy atom. The van der Waals surface area contributed by atoms with Crippen molar-refractivity contribution in [3.05, 3.63) is 65.5 Å². The van der Waals surface area contributed by atoms with E-state index >= 15 is 0 Å². The van der Waals surface area contributed by atoms with Gasteiger partial charge in [0.15, 0.2) is 0 Å². The average Bonchev–Trinajstić information content (AvgIpc) is 3.29. The van der Waals surface area contributed by atoms with Gasteiger partial charge in [-0.15, -0.1) is 0 Å². The van der Waals surface area contributed by atoms with E-state index in [0.29, 0.717) is 13.0 Å². The van der Waals surface area contributed by atoms with E-state index in [1.54, 1.807) is 6.20 Å². The number of carbonyl (C=O) groups is 2. The van der Waals surface area contributed by atoms with E-state index in [4.69, 9.17) is 0 Å². The van der Waals surface area contributed by atoms with E-state index in [0.717, 1.165) is 22.2 Å². The molecule has 2 aliphatic rings. The molecule has 0 saturated carbocycles. The zero-order valence-corrected chi connectivity index (χ0v) is 16.0. The van der Waals surface area contributed by atoms with E-state index < -0.39 is 21.8 Å². The molecule has 1 aromatic carbocycles. The number of nitrogens with one attached hydrogen (secondary N) is 2. The summed E-state index contributed by atoms with van der Waals surface area (Å²) in [4.78, 5) is 31.0. The Bertz CT molecular complexity index is 1320. The van der Waals surface area contributed by atoms with Crippen LogP contribution in [0.5, 0.6) is 0 Å². The number of amides is 2. The number of imide groups is 1. The highest BCUT2D eigenvalue weighted by molar-refractivity contribution is 7.89. The summed E-state index contributed by atoms with van der Waals surface area (Å²) in [6, 6.07) is 7.88. The predicted octanol–water partition coefficient (Wildman–Crippen LogP) is 1.92. The molecule has 2 aliphatic heterocycles. The molecular formula is C20H16N4O4S. The highest BCUT2D eigenvalue weighted by Gasteiger charge is 2.32. The minimum atomic E-state index is -3.78. The van der Waals surface area contributed by atoms with Crippen LogP contribution in [0.15, 0.2) is 53.7 Å². The lowest BCUT2D eigenvalue weighted by Gasteiger charge is -2.26. The van der Waals surface area contributed by atoms with Gasteiger partial charge in [0.25, 0.3) is 11.8 Å². The van der Waals surface area contributed by atoms with Gasteiger partial charge < -0.3 is 4.98 Å². The Labute approximate surface area is 166 Å². The van der Waals surface area contributed by atoms with Crippen LogP contribution in [0.2, 0.25) is 0 Å². The van der Waals surface area contributed by atoms with Gasteiger partial charge in [0, 0.05) is 36.4 Å². The smallest absolute Gasteiger partial charge is 0.258 e. The first kappa shape index (κ1) is 17.8. The van der Waals surface area contributed by atoms with Crippen LogP contribution in [-0.2, 0) is 10.0 Å². The Balaban J connectivity index is 1.44. The number of rotatable bonds is 3. The number of aromatic amines is 1. The highest BCUT2D eigenvalue weighted by Crippen LogP contribution is 2.30. The summed E-state index contributed by atoms with van der Waals surface area (Å²) in [5.41, 5.74) is 3.18. The molecule has 3 aromatic rings. The summed E-state index contributed by atoms with van der Waals surface area (Å²) in [6.07, 6.45) is 6.08. The van der Waals surface area contributed by atoms with Gasteiger partial charge in [-0.05, 0) is 42.3 Å². The second-order valence-corrected chi connectivity index (χ2v) is 8.87. The maximum atomic E-state index is 13.0. The Morgan fingerprint density at radius 1 is 1.03 bits per heavy atom. The van der Waals surface area contributed by atoms with Gasteiger partial charge in [-0.3, -0.25) is 14.9 Å². The first-order valence-corrected chi connectivity index (χ1v) is 10.5. The van der Waals surface area contributed by atoms with Crippen LogP contribution in [0.3, 0.4) is 0 Å². The third kappa shape index (κ3) is 2.78. The van der Waals surface area contributed by atoms with Gasteiger partial charge in [0.05, 0.1) is 16.0 Å². The van der Waals surface area contributed by atoms with E-state index in [9.17, 15) is 18.0 Å². The molecule has 0 aliphatic carbocycles. The normalized spacial score (nSPS) is 17.3. The molecule has 8 nitrogen and oxygen atoms in total. The van der Waals surface area contributed by atoms with E-state index in [-0.39, 0.29) is 22.6 Å². The number of aromatic nitrogens is 2. The molecule has 0 saturated heterocycles. The summed E-state index contributed by atoms with van der Waals surface area (Å²) in [5.74, 6) is -1.08. The maximum Gasteiger partial charge on any atom is 0.258 e. The van der Waals surface area contributed by atoms with Gasteiger partial charge in [-0.25, -0.2) is 13.4 Å². The fraction of sp³-hybridized carbons (Fsp3) is 0.150. The number of nitrogens with zero attached hydrogens (tertiary/aromatic N) is 2. The van der Waals surface area contributed by atoms with Gasteiger partial charge in [0.1, 0.15) is 5.65 Å². The van der Waals surface area contributed by atoms with Crippen molar-refractivity contribution in [1.29, 1.82) is 0 Å². The Morgan fingerprint density at radius 2 is 1.86 bits per heavy atom. The van der Waals surface area contributed by atoms with Gasteiger partial charge in [-0.2, -0.15) is 4.31 Å². The molecule has 5 rings (SSSR count). The molecule has 0 fully saturated rings. The lowest BCUT2D eigenvalue weighted by molar-refractivity contribution is 0.0879. The third-order valence-electron chi connectivity index (χ3n) is 5.31. The third-order valence-corrected chi connectivity index (χ3v) is 7.18. The second kappa shape index (κ2) is 6.36. The molecule has 0 spiro atoms. The van der Waals surface area contributed by atoms with Crippen molar-refractivity contribution in [2.45, 2.75) is 11.3 Å². The van der Waals surface area contributed by atoms with E-state index in [1.165, 1.54) is 22.5 Å². The topological polar surface area (TPSA) is 112 Å². The van der Waals surface area contributed by atoms with Crippen LogP contribution >= 0.6 is 0 Å². The summed E-state index contributed by atoms with van der Waals surface area (Å²) in [5, 5.41) is 3.18. The molecule has 2 amide bonds. The molecule has 0 radical (unpaired) electrons. The van der Waals surface area contributed by atoms with Gasteiger partial charge in [0.2, 0.25) is 10.0 Å². The standard InChI is InChI=1S/C20H16N4O4S/c25-19-15-4-3-13(10-16(15)20(26)23-19)29(27,28)24-8-5-12(6-9-24)17-11-22-18-14(17)2-1-7-21-18/h1-5,7,10-11H,6,8-9H2,(H,21,22)(H,23,25,26). The largest absolute Gasteiger partial charge is 0.346 e. The molecule has 9 heteroatoms. The van der Waals surface area contributed by atoms with Crippen LogP contribution in [0.25, 0.3) is 16.6 Å². The molecule has 0 atom stereocenters. The number of benzene rings is 1. The Kier molecular flexibility index (Phi) is 3.90. The molecule has 0 unspecified atom stereocenters. The fourth-order valence-corrected chi connectivity index (χ4v) is 5.20. The number of carbonyl (C=O) groups excluding carboxylic acids is 2. The SMILES string of the molecule is O=C1NC(=O)c2cc(S(=O)(=O)N3CC=C(c4c[nH]c5ncccc45)CC3)ccc21. The highest BCUT2D eigenvalue weighted by atomic mass is 32.2. The van der Waals surface area contributed by atoms with Gasteiger partial charge >= 0.3 is 0 Å². The van der Waals surface area contributed by atoms with Crippen LogP contribution in [-0.4, -0.2) is 47.6 Å². The monoisotopic (exact) mass is 408 g/mol. The molecular weight excluding hydrogens is 392 g/mol. The van der Waals surface area contributed by atoms with Crippen LogP contribution in [0.1, 0.15) is 32.7 Å². The summed E-state index contributed by atoms with van der Waals surface area (Å²) in [6.45, 7) is 0.552. The first-order valence-electron chi connectivity index (χ1n) is 9.06. The van der Waals surface area contributed by atoms with Crippen LogP contribution in [0, 0.1) is 0 Å². The van der Waals surface area contributed by atoms with Gasteiger partial charge in [-0.1, -0.05) is 6.08 Å². The molecule has 0 bridgehead atoms. The molecule has 146 valence electrons. The van der Waals surface area contributed by atoms with Crippen LogP contribution in [0.4, 0.5) is 0 Å². The van der Waals surface area contributed by atoms with Crippen molar-refractivity contribution >= 4 is 38.4 Å². The molecule has 29 heavy (non-hydrogen) atoms. The van der Waals surface area contributed by atoms with Crippen molar-refractivity contribution in [2.24, 2.45) is 0 Å². The Hall–Kier alpha value is -3.30. The number of H-pyrrole nitrogens is 1. The first-order chi connectivity index (χ1) is 13.9. The molecule has 2 aromatic heterocycles. The quantitative estimate of drug-likeness (QED) is 0.643. The number of fused-ring (bicyclic) bond motifs is 2. The number of hydrogen-bond donors (Lipinski definition) is 2. The fourth-order valence-electron chi connectivity index (χ4n) is 3.79. The van der Waals surface area contributed by atoms with E-state index in [1.807, 2.05) is 24.4 Å². The van der Waals surface area contributed by atoms with Crippen LogP contribution < -0.4 is 5.32 Å². The predicted molar refractivity (Wildman–Crippen MR) is 106 cm³/mol. The minimum Gasteiger partial charge on any atom is -0.346 e. The summed E-state index contributed by atoms with van der Waals surface area (Å²) < 4.78 is 27.5. The van der Waals surface area contributed by atoms with Crippen molar-refractivity contribution in [3.63, 3.8) is 0 Å². The van der Waals surface area contributed by atoms with Crippen molar-refractivity contribution in [2.75, 3.05) is 13.1 Å². The molecule has 4 heterocycles. The summed E-state index contributed by atoms with van der Waals surface area (Å²) >= 11 is 0. The number of sulfonamides is 1. The van der Waals surface area contributed by atoms with E-state index in [2.05, 4.69) is 15.3 Å². The molecule has 2 N–H and O–H groups in total. The second-order valence-electron chi connectivity index (χ2n) is 6.93. The van der Waals surface area contributed by atoms with Crippen molar-refractivity contribution in [1.82, 2.24) is 19.6 Å². The average molecular weight is 408 g/mol. The lowest BCUT2D eigenvalue weighted by atomic mass is 10.0.